The molecule has 0 unspecified atom stereocenters. The maximum Gasteiger partial charge on any atom is 0.322 e. The van der Waals surface area contributed by atoms with Crippen LogP contribution in [0.4, 0.5) is 10.5 Å². The number of nitrogens with one attached hydrogen (secondary N) is 1. The maximum atomic E-state index is 12.5. The van der Waals surface area contributed by atoms with E-state index in [4.69, 9.17) is 4.74 Å². The quantitative estimate of drug-likeness (QED) is 0.892. The van der Waals surface area contributed by atoms with Gasteiger partial charge < -0.3 is 20.1 Å². The number of aliphatic hydroxyl groups excluding tert-OH is 1. The first kappa shape index (κ1) is 14.4. The molecule has 0 saturated carbocycles. The van der Waals surface area contributed by atoms with E-state index in [9.17, 15) is 9.90 Å². The van der Waals surface area contributed by atoms with Crippen LogP contribution in [0.3, 0.4) is 0 Å². The fraction of sp³-hybridized carbons (Fsp3) is 0.562. The van der Waals surface area contributed by atoms with Gasteiger partial charge in [0.15, 0.2) is 0 Å². The van der Waals surface area contributed by atoms with Crippen LogP contribution in [0.5, 0.6) is 0 Å². The molecule has 114 valence electrons. The molecule has 21 heavy (non-hydrogen) atoms. The SMILES string of the molecule is CCN(C(=O)Nc1cccc2c1CCC2)[C@@H]1COC[C@H]1O. The van der Waals surface area contributed by atoms with Gasteiger partial charge in [-0.15, -0.1) is 0 Å². The van der Waals surface area contributed by atoms with Crippen LogP contribution in [-0.2, 0) is 17.6 Å². The summed E-state index contributed by atoms with van der Waals surface area (Å²) in [6.07, 6.45) is 2.66. The molecule has 5 heteroatoms. The highest BCUT2D eigenvalue weighted by atomic mass is 16.5. The number of amides is 2. The molecule has 1 aromatic rings. The van der Waals surface area contributed by atoms with Gasteiger partial charge in [0.25, 0.3) is 0 Å². The smallest absolute Gasteiger partial charge is 0.322 e. The Bertz CT molecular complexity index is 532. The molecule has 3 rings (SSSR count). The van der Waals surface area contributed by atoms with Crippen molar-refractivity contribution in [3.8, 4) is 0 Å². The molecule has 2 amide bonds. The topological polar surface area (TPSA) is 61.8 Å². The number of rotatable bonds is 3. The van der Waals surface area contributed by atoms with Gasteiger partial charge in [-0.05, 0) is 43.4 Å². The molecule has 2 N–H and O–H groups in total. The van der Waals surface area contributed by atoms with Crippen LogP contribution in [0.2, 0.25) is 0 Å². The molecule has 1 aliphatic heterocycles. The molecule has 0 aromatic heterocycles. The number of carbonyl (C=O) groups is 1. The Balaban J connectivity index is 1.75. The molecular weight excluding hydrogens is 268 g/mol. The van der Waals surface area contributed by atoms with Crippen LogP contribution >= 0.6 is 0 Å². The van der Waals surface area contributed by atoms with Crippen molar-refractivity contribution < 1.29 is 14.6 Å². The standard InChI is InChI=1S/C16H22N2O3/c1-2-18(14-9-21-10-15(14)19)16(20)17-13-8-4-6-11-5-3-7-12(11)13/h4,6,8,14-15,19H,2-3,5,7,9-10H2,1H3,(H,17,20)/t14-,15-/m1/s1. The van der Waals surface area contributed by atoms with Crippen LogP contribution in [0.15, 0.2) is 18.2 Å². The van der Waals surface area contributed by atoms with Gasteiger partial charge in [0, 0.05) is 12.2 Å². The van der Waals surface area contributed by atoms with E-state index in [-0.39, 0.29) is 12.1 Å². The monoisotopic (exact) mass is 290 g/mol. The number of aryl methyl sites for hydroxylation is 1. The Kier molecular flexibility index (Phi) is 4.12. The highest BCUT2D eigenvalue weighted by Crippen LogP contribution is 2.29. The van der Waals surface area contributed by atoms with Gasteiger partial charge in [-0.3, -0.25) is 0 Å². The maximum absolute atomic E-state index is 12.5. The highest BCUT2D eigenvalue weighted by Gasteiger charge is 2.34. The molecule has 1 fully saturated rings. The van der Waals surface area contributed by atoms with Crippen molar-refractivity contribution in [2.45, 2.75) is 38.3 Å². The second-order valence-electron chi connectivity index (χ2n) is 5.69. The van der Waals surface area contributed by atoms with Crippen LogP contribution in [-0.4, -0.2) is 47.9 Å². The van der Waals surface area contributed by atoms with Crippen molar-refractivity contribution in [2.75, 3.05) is 25.1 Å². The van der Waals surface area contributed by atoms with Gasteiger partial charge in [-0.1, -0.05) is 12.1 Å². The summed E-state index contributed by atoms with van der Waals surface area (Å²) >= 11 is 0. The van der Waals surface area contributed by atoms with Crippen molar-refractivity contribution in [1.29, 1.82) is 0 Å². The molecule has 1 aromatic carbocycles. The molecule has 5 nitrogen and oxygen atoms in total. The number of urea groups is 1. The van der Waals surface area contributed by atoms with E-state index in [2.05, 4.69) is 11.4 Å². The summed E-state index contributed by atoms with van der Waals surface area (Å²) in [5, 5.41) is 12.9. The zero-order chi connectivity index (χ0) is 14.8. The van der Waals surface area contributed by atoms with Crippen molar-refractivity contribution in [3.63, 3.8) is 0 Å². The molecule has 0 bridgehead atoms. The molecule has 2 atom stereocenters. The lowest BCUT2D eigenvalue weighted by Gasteiger charge is -2.29. The summed E-state index contributed by atoms with van der Waals surface area (Å²) in [5.74, 6) is 0. The first-order chi connectivity index (χ1) is 10.2. The van der Waals surface area contributed by atoms with E-state index in [0.717, 1.165) is 24.9 Å². The van der Waals surface area contributed by atoms with Crippen molar-refractivity contribution in [2.24, 2.45) is 0 Å². The van der Waals surface area contributed by atoms with E-state index >= 15 is 0 Å². The van der Waals surface area contributed by atoms with Crippen LogP contribution in [0.1, 0.15) is 24.5 Å². The van der Waals surface area contributed by atoms with Crippen LogP contribution < -0.4 is 5.32 Å². The largest absolute Gasteiger partial charge is 0.388 e. The fourth-order valence-corrected chi connectivity index (χ4v) is 3.28. The summed E-state index contributed by atoms with van der Waals surface area (Å²) in [4.78, 5) is 14.2. The average Bonchev–Trinajstić information content (AvgIpc) is 3.10. The molecular formula is C16H22N2O3. The number of likely N-dealkylation sites (N-methyl/N-ethyl adjacent to an activating group) is 1. The summed E-state index contributed by atoms with van der Waals surface area (Å²) in [6, 6.07) is 5.66. The minimum Gasteiger partial charge on any atom is -0.388 e. The Morgan fingerprint density at radius 1 is 1.43 bits per heavy atom. The lowest BCUT2D eigenvalue weighted by molar-refractivity contribution is 0.1000. The fourth-order valence-electron chi connectivity index (χ4n) is 3.28. The second-order valence-corrected chi connectivity index (χ2v) is 5.69. The highest BCUT2D eigenvalue weighted by molar-refractivity contribution is 5.90. The number of ether oxygens (including phenoxy) is 1. The average molecular weight is 290 g/mol. The number of hydrogen-bond donors (Lipinski definition) is 2. The van der Waals surface area contributed by atoms with Gasteiger partial charge >= 0.3 is 6.03 Å². The zero-order valence-electron chi connectivity index (χ0n) is 12.3. The normalized spacial score (nSPS) is 23.9. The molecule has 0 radical (unpaired) electrons. The Hall–Kier alpha value is -1.59. The summed E-state index contributed by atoms with van der Waals surface area (Å²) in [7, 11) is 0. The van der Waals surface area contributed by atoms with Crippen molar-refractivity contribution in [1.82, 2.24) is 4.90 Å². The lowest BCUT2D eigenvalue weighted by Crippen LogP contribution is -2.48. The number of carbonyl (C=O) groups excluding carboxylic acids is 1. The van der Waals surface area contributed by atoms with Crippen molar-refractivity contribution in [3.05, 3.63) is 29.3 Å². The predicted octanol–water partition coefficient (Wildman–Crippen LogP) is 1.79. The molecule has 0 spiro atoms. The number of benzene rings is 1. The number of nitrogens with zero attached hydrogens (tertiary/aromatic N) is 1. The van der Waals surface area contributed by atoms with Gasteiger partial charge in [-0.25, -0.2) is 4.79 Å². The number of anilines is 1. The number of hydrogen-bond acceptors (Lipinski definition) is 3. The lowest BCUT2D eigenvalue weighted by atomic mass is 10.1. The van der Waals surface area contributed by atoms with Gasteiger partial charge in [0.05, 0.1) is 25.4 Å². The molecule has 1 heterocycles. The molecule has 1 aliphatic carbocycles. The Labute approximate surface area is 124 Å². The minimum absolute atomic E-state index is 0.160. The predicted molar refractivity (Wildman–Crippen MR) is 80.5 cm³/mol. The summed E-state index contributed by atoms with van der Waals surface area (Å²) < 4.78 is 5.25. The molecule has 1 saturated heterocycles. The first-order valence-electron chi connectivity index (χ1n) is 7.65. The zero-order valence-corrected chi connectivity index (χ0v) is 12.3. The Morgan fingerprint density at radius 2 is 2.29 bits per heavy atom. The van der Waals surface area contributed by atoms with Gasteiger partial charge in [-0.2, -0.15) is 0 Å². The Morgan fingerprint density at radius 3 is 3.00 bits per heavy atom. The van der Waals surface area contributed by atoms with E-state index in [0.29, 0.717) is 19.8 Å². The van der Waals surface area contributed by atoms with Crippen LogP contribution in [0, 0.1) is 0 Å². The van der Waals surface area contributed by atoms with E-state index in [1.165, 1.54) is 11.1 Å². The number of aliphatic hydroxyl groups is 1. The number of fused-ring (bicyclic) bond motifs is 1. The third-order valence-corrected chi connectivity index (χ3v) is 4.41. The first-order valence-corrected chi connectivity index (χ1v) is 7.65. The van der Waals surface area contributed by atoms with E-state index in [1.54, 1.807) is 4.90 Å². The third kappa shape index (κ3) is 2.76. The van der Waals surface area contributed by atoms with Gasteiger partial charge in [0.2, 0.25) is 0 Å². The minimum atomic E-state index is -0.600. The van der Waals surface area contributed by atoms with Crippen molar-refractivity contribution >= 4 is 11.7 Å². The van der Waals surface area contributed by atoms with Gasteiger partial charge in [0.1, 0.15) is 0 Å². The molecule has 2 aliphatic rings. The summed E-state index contributed by atoms with van der Waals surface area (Å²) in [5.41, 5.74) is 3.49. The van der Waals surface area contributed by atoms with E-state index < -0.39 is 6.10 Å². The third-order valence-electron chi connectivity index (χ3n) is 4.41. The van der Waals surface area contributed by atoms with Crippen LogP contribution in [0.25, 0.3) is 0 Å². The summed E-state index contributed by atoms with van der Waals surface area (Å²) in [6.45, 7) is 3.16. The van der Waals surface area contributed by atoms with E-state index in [1.807, 2.05) is 19.1 Å². The second kappa shape index (κ2) is 6.03.